The maximum Gasteiger partial charge on any atom is 0.241 e. The molecule has 4 nitrogen and oxygen atoms in total. The van der Waals surface area contributed by atoms with Crippen molar-refractivity contribution in [2.45, 2.75) is 33.2 Å². The van der Waals surface area contributed by atoms with Gasteiger partial charge in [0, 0.05) is 17.9 Å². The number of hydrogen-bond donors (Lipinski definition) is 2. The largest absolute Gasteiger partial charge is 0.399 e. The van der Waals surface area contributed by atoms with Gasteiger partial charge in [-0.25, -0.2) is 0 Å². The first-order chi connectivity index (χ1) is 9.47. The molecule has 110 valence electrons. The molecule has 1 aliphatic rings. The molecule has 1 aliphatic heterocycles. The van der Waals surface area contributed by atoms with Gasteiger partial charge in [-0.3, -0.25) is 9.69 Å². The first-order valence-electron chi connectivity index (χ1n) is 7.38. The van der Waals surface area contributed by atoms with Crippen molar-refractivity contribution in [3.8, 4) is 0 Å². The molecule has 4 heteroatoms. The number of carbonyl (C=O) groups excluding carboxylic acids is 1. The lowest BCUT2D eigenvalue weighted by Gasteiger charge is -2.24. The molecule has 1 amide bonds. The van der Waals surface area contributed by atoms with Crippen molar-refractivity contribution in [1.82, 2.24) is 4.90 Å². The number of likely N-dealkylation sites (tertiary alicyclic amines) is 1. The average Bonchev–Trinajstić information content (AvgIpc) is 2.87. The Kier molecular flexibility index (Phi) is 4.65. The van der Waals surface area contributed by atoms with E-state index in [1.807, 2.05) is 25.1 Å². The van der Waals surface area contributed by atoms with E-state index in [2.05, 4.69) is 24.1 Å². The SMILES string of the molecule is CC(C)C1CCN(C(C)C(=O)Nc2cccc(N)c2)C1. The monoisotopic (exact) mass is 275 g/mol. The summed E-state index contributed by atoms with van der Waals surface area (Å²) in [7, 11) is 0. The van der Waals surface area contributed by atoms with Crippen LogP contribution < -0.4 is 11.1 Å². The molecule has 1 aromatic carbocycles. The molecule has 0 bridgehead atoms. The fourth-order valence-corrected chi connectivity index (χ4v) is 2.74. The minimum absolute atomic E-state index is 0.0417. The lowest BCUT2D eigenvalue weighted by molar-refractivity contribution is -0.120. The highest BCUT2D eigenvalue weighted by atomic mass is 16.2. The van der Waals surface area contributed by atoms with Crippen LogP contribution in [0.4, 0.5) is 11.4 Å². The third kappa shape index (κ3) is 3.51. The van der Waals surface area contributed by atoms with Crippen LogP contribution in [0.2, 0.25) is 0 Å². The molecule has 0 aliphatic carbocycles. The summed E-state index contributed by atoms with van der Waals surface area (Å²) in [4.78, 5) is 14.6. The van der Waals surface area contributed by atoms with Gasteiger partial charge in [0.1, 0.15) is 0 Å². The van der Waals surface area contributed by atoms with Crippen LogP contribution in [0.3, 0.4) is 0 Å². The number of carbonyl (C=O) groups is 1. The number of nitrogen functional groups attached to an aromatic ring is 1. The topological polar surface area (TPSA) is 58.4 Å². The van der Waals surface area contributed by atoms with E-state index in [9.17, 15) is 4.79 Å². The van der Waals surface area contributed by atoms with Gasteiger partial charge in [0.2, 0.25) is 5.91 Å². The van der Waals surface area contributed by atoms with Crippen LogP contribution in [0.5, 0.6) is 0 Å². The molecule has 1 heterocycles. The number of hydrogen-bond acceptors (Lipinski definition) is 3. The van der Waals surface area contributed by atoms with Crippen LogP contribution in [-0.2, 0) is 4.79 Å². The Hall–Kier alpha value is -1.55. The molecule has 3 N–H and O–H groups in total. The van der Waals surface area contributed by atoms with Crippen molar-refractivity contribution in [3.63, 3.8) is 0 Å². The smallest absolute Gasteiger partial charge is 0.241 e. The number of nitrogens with zero attached hydrogens (tertiary/aromatic N) is 1. The fraction of sp³-hybridized carbons (Fsp3) is 0.562. The second-order valence-electron chi connectivity index (χ2n) is 6.08. The summed E-state index contributed by atoms with van der Waals surface area (Å²) >= 11 is 0. The van der Waals surface area contributed by atoms with Gasteiger partial charge in [-0.05, 0) is 49.9 Å². The Morgan fingerprint density at radius 1 is 1.40 bits per heavy atom. The molecule has 0 saturated carbocycles. The molecular weight excluding hydrogens is 250 g/mol. The highest BCUT2D eigenvalue weighted by Gasteiger charge is 2.30. The molecule has 2 unspecified atom stereocenters. The lowest BCUT2D eigenvalue weighted by Crippen LogP contribution is -2.40. The quantitative estimate of drug-likeness (QED) is 0.830. The van der Waals surface area contributed by atoms with Crippen LogP contribution in [0.25, 0.3) is 0 Å². The lowest BCUT2D eigenvalue weighted by atomic mass is 9.95. The van der Waals surface area contributed by atoms with Crippen molar-refractivity contribution >= 4 is 17.3 Å². The molecule has 1 saturated heterocycles. The normalized spacial score (nSPS) is 21.1. The zero-order valence-electron chi connectivity index (χ0n) is 12.6. The van der Waals surface area contributed by atoms with E-state index in [1.165, 1.54) is 6.42 Å². The van der Waals surface area contributed by atoms with Gasteiger partial charge in [-0.15, -0.1) is 0 Å². The number of rotatable bonds is 4. The van der Waals surface area contributed by atoms with Gasteiger partial charge < -0.3 is 11.1 Å². The zero-order valence-corrected chi connectivity index (χ0v) is 12.6. The standard InChI is InChI=1S/C16H25N3O/c1-11(2)13-7-8-19(10-13)12(3)16(20)18-15-6-4-5-14(17)9-15/h4-6,9,11-13H,7-8,10,17H2,1-3H3,(H,18,20). The average molecular weight is 275 g/mol. The molecule has 1 fully saturated rings. The summed E-state index contributed by atoms with van der Waals surface area (Å²) in [6, 6.07) is 7.21. The Labute approximate surface area is 121 Å². The van der Waals surface area contributed by atoms with Gasteiger partial charge in [0.25, 0.3) is 0 Å². The number of amides is 1. The summed E-state index contributed by atoms with van der Waals surface area (Å²) in [6.07, 6.45) is 1.19. The first-order valence-corrected chi connectivity index (χ1v) is 7.38. The highest BCUT2D eigenvalue weighted by molar-refractivity contribution is 5.94. The first kappa shape index (κ1) is 14.9. The summed E-state index contributed by atoms with van der Waals surface area (Å²) in [5.74, 6) is 1.43. The van der Waals surface area contributed by atoms with E-state index < -0.39 is 0 Å². The molecule has 20 heavy (non-hydrogen) atoms. The van der Waals surface area contributed by atoms with Gasteiger partial charge >= 0.3 is 0 Å². The van der Waals surface area contributed by atoms with Gasteiger partial charge in [0.15, 0.2) is 0 Å². The summed E-state index contributed by atoms with van der Waals surface area (Å²) in [6.45, 7) is 8.51. The van der Waals surface area contributed by atoms with Crippen LogP contribution in [0, 0.1) is 11.8 Å². The van der Waals surface area contributed by atoms with Crippen LogP contribution in [-0.4, -0.2) is 29.9 Å². The molecule has 2 rings (SSSR count). The van der Waals surface area contributed by atoms with Crippen LogP contribution in [0.15, 0.2) is 24.3 Å². The minimum atomic E-state index is -0.0971. The number of anilines is 2. The van der Waals surface area contributed by atoms with Crippen molar-refractivity contribution < 1.29 is 4.79 Å². The summed E-state index contributed by atoms with van der Waals surface area (Å²) < 4.78 is 0. The third-order valence-electron chi connectivity index (χ3n) is 4.28. The number of nitrogens with one attached hydrogen (secondary N) is 1. The second-order valence-corrected chi connectivity index (χ2v) is 6.08. The fourth-order valence-electron chi connectivity index (χ4n) is 2.74. The number of benzene rings is 1. The van der Waals surface area contributed by atoms with Crippen molar-refractivity contribution in [2.24, 2.45) is 11.8 Å². The Bertz CT molecular complexity index is 473. The minimum Gasteiger partial charge on any atom is -0.399 e. The zero-order chi connectivity index (χ0) is 14.7. The van der Waals surface area contributed by atoms with E-state index in [-0.39, 0.29) is 11.9 Å². The van der Waals surface area contributed by atoms with E-state index in [4.69, 9.17) is 5.73 Å². The third-order valence-corrected chi connectivity index (χ3v) is 4.28. The molecule has 0 aromatic heterocycles. The Morgan fingerprint density at radius 2 is 2.15 bits per heavy atom. The van der Waals surface area contributed by atoms with Gasteiger partial charge in [-0.2, -0.15) is 0 Å². The van der Waals surface area contributed by atoms with E-state index in [0.717, 1.165) is 18.8 Å². The summed E-state index contributed by atoms with van der Waals surface area (Å²) in [5, 5.41) is 2.94. The van der Waals surface area contributed by atoms with E-state index >= 15 is 0 Å². The molecule has 1 aromatic rings. The van der Waals surface area contributed by atoms with Gasteiger partial charge in [-0.1, -0.05) is 19.9 Å². The van der Waals surface area contributed by atoms with Crippen molar-refractivity contribution in [2.75, 3.05) is 24.1 Å². The Morgan fingerprint density at radius 3 is 2.75 bits per heavy atom. The molecule has 0 radical (unpaired) electrons. The van der Waals surface area contributed by atoms with Crippen LogP contribution >= 0.6 is 0 Å². The van der Waals surface area contributed by atoms with Crippen molar-refractivity contribution in [3.05, 3.63) is 24.3 Å². The molecular formula is C16H25N3O. The van der Waals surface area contributed by atoms with E-state index in [0.29, 0.717) is 17.5 Å². The molecule has 0 spiro atoms. The molecule has 2 atom stereocenters. The predicted molar refractivity (Wildman–Crippen MR) is 83.5 cm³/mol. The maximum absolute atomic E-state index is 12.3. The summed E-state index contributed by atoms with van der Waals surface area (Å²) in [5.41, 5.74) is 7.15. The van der Waals surface area contributed by atoms with Crippen molar-refractivity contribution in [1.29, 1.82) is 0 Å². The predicted octanol–water partition coefficient (Wildman–Crippen LogP) is 2.57. The second kappa shape index (κ2) is 6.27. The highest BCUT2D eigenvalue weighted by Crippen LogP contribution is 2.25. The van der Waals surface area contributed by atoms with Crippen LogP contribution in [0.1, 0.15) is 27.2 Å². The Balaban J connectivity index is 1.93. The maximum atomic E-state index is 12.3. The number of nitrogens with two attached hydrogens (primary N) is 1. The van der Waals surface area contributed by atoms with Gasteiger partial charge in [0.05, 0.1) is 6.04 Å². The van der Waals surface area contributed by atoms with E-state index in [1.54, 1.807) is 6.07 Å².